The van der Waals surface area contributed by atoms with E-state index >= 15 is 0 Å². The zero-order valence-corrected chi connectivity index (χ0v) is 18.5. The highest BCUT2D eigenvalue weighted by Crippen LogP contribution is 2.37. The van der Waals surface area contributed by atoms with Crippen LogP contribution in [0, 0.1) is 0 Å². The summed E-state index contributed by atoms with van der Waals surface area (Å²) in [4.78, 5) is 29.6. The molecule has 1 aromatic carbocycles. The summed E-state index contributed by atoms with van der Waals surface area (Å²) in [5, 5.41) is 5.17. The van der Waals surface area contributed by atoms with Crippen molar-refractivity contribution in [2.24, 2.45) is 0 Å². The van der Waals surface area contributed by atoms with Crippen LogP contribution in [0.2, 0.25) is 0 Å². The third kappa shape index (κ3) is 5.11. The van der Waals surface area contributed by atoms with Crippen molar-refractivity contribution in [2.45, 2.75) is 51.6 Å². The van der Waals surface area contributed by atoms with Crippen LogP contribution in [-0.2, 0) is 28.7 Å². The lowest BCUT2D eigenvalue weighted by Gasteiger charge is -2.41. The Morgan fingerprint density at radius 2 is 1.97 bits per heavy atom. The third-order valence-electron chi connectivity index (χ3n) is 5.46. The molecule has 2 N–H and O–H groups in total. The number of halogens is 3. The minimum atomic E-state index is -4.61. The first-order chi connectivity index (χ1) is 15.4. The van der Waals surface area contributed by atoms with Gasteiger partial charge >= 0.3 is 12.2 Å². The van der Waals surface area contributed by atoms with E-state index in [0.717, 1.165) is 6.07 Å². The Hall–Kier alpha value is -3.14. The van der Waals surface area contributed by atoms with Gasteiger partial charge in [0.15, 0.2) is 0 Å². The first-order valence-electron chi connectivity index (χ1n) is 10.6. The van der Waals surface area contributed by atoms with Gasteiger partial charge in [0.1, 0.15) is 5.82 Å². The average Bonchev–Trinajstić information content (AvgIpc) is 3.07. The van der Waals surface area contributed by atoms with E-state index in [-0.39, 0.29) is 36.1 Å². The number of carbonyl (C=O) groups excluding carboxylic acids is 2. The number of benzene rings is 1. The maximum Gasteiger partial charge on any atom is 0.416 e. The molecule has 2 aliphatic heterocycles. The molecule has 0 aliphatic carbocycles. The van der Waals surface area contributed by atoms with Crippen LogP contribution in [0.25, 0.3) is 11.1 Å². The topological polar surface area (TPSA) is 83.6 Å². The van der Waals surface area contributed by atoms with Crippen molar-refractivity contribution in [2.75, 3.05) is 18.4 Å². The first kappa shape index (κ1) is 23.0. The minimum absolute atomic E-state index is 0.0393. The Morgan fingerprint density at radius 1 is 1.24 bits per heavy atom. The third-order valence-corrected chi connectivity index (χ3v) is 5.46. The molecule has 33 heavy (non-hydrogen) atoms. The molecule has 176 valence electrons. The van der Waals surface area contributed by atoms with Crippen molar-refractivity contribution in [1.29, 1.82) is 0 Å². The number of anilines is 1. The van der Waals surface area contributed by atoms with Crippen LogP contribution in [0.3, 0.4) is 0 Å². The fourth-order valence-corrected chi connectivity index (χ4v) is 4.01. The number of hydrogen-bond acceptors (Lipinski definition) is 4. The van der Waals surface area contributed by atoms with E-state index in [9.17, 15) is 22.8 Å². The molecule has 1 fully saturated rings. The standard InChI is InChI=1S/C23H25F3N4O3/c1-22(2,3)33-15-11-30(12-15)21(32)28-10-14-5-4-13(8-18(14)23(24,25)26)16-6-7-27-20-17(16)9-19(31)29-20/h4-8,15H,9-12H2,1-3H3,(H,28,32)(H,27,29,31). The van der Waals surface area contributed by atoms with Crippen molar-refractivity contribution in [3.63, 3.8) is 0 Å². The molecule has 1 aromatic heterocycles. The molecule has 7 nitrogen and oxygen atoms in total. The Kier molecular flexibility index (Phi) is 5.81. The van der Waals surface area contributed by atoms with E-state index in [1.165, 1.54) is 17.2 Å². The summed E-state index contributed by atoms with van der Waals surface area (Å²) in [7, 11) is 0. The molecule has 0 radical (unpaired) electrons. The normalized spacial score (nSPS) is 16.3. The van der Waals surface area contributed by atoms with Crippen LogP contribution in [0.4, 0.5) is 23.8 Å². The molecule has 3 heterocycles. The number of nitrogens with one attached hydrogen (secondary N) is 2. The zero-order valence-electron chi connectivity index (χ0n) is 18.5. The number of hydrogen-bond donors (Lipinski definition) is 2. The predicted octanol–water partition coefficient (Wildman–Crippen LogP) is 3.97. The lowest BCUT2D eigenvalue weighted by atomic mass is 9.95. The summed E-state index contributed by atoms with van der Waals surface area (Å²) in [6.45, 7) is 6.30. The molecule has 4 rings (SSSR count). The number of amides is 3. The largest absolute Gasteiger partial charge is 0.416 e. The van der Waals surface area contributed by atoms with Gasteiger partial charge in [-0.25, -0.2) is 9.78 Å². The fourth-order valence-electron chi connectivity index (χ4n) is 4.01. The molecule has 2 aliphatic rings. The van der Waals surface area contributed by atoms with Crippen LogP contribution in [-0.4, -0.2) is 46.6 Å². The second-order valence-corrected chi connectivity index (χ2v) is 9.20. The molecule has 3 amide bonds. The number of aromatic nitrogens is 1. The molecule has 10 heteroatoms. The Balaban J connectivity index is 1.48. The predicted molar refractivity (Wildman–Crippen MR) is 115 cm³/mol. The summed E-state index contributed by atoms with van der Waals surface area (Å²) in [6, 6.07) is 5.13. The SMILES string of the molecule is CC(C)(C)OC1CN(C(=O)NCc2ccc(-c3ccnc4c3CC(=O)N4)cc2C(F)(F)F)C1. The van der Waals surface area contributed by atoms with Crippen LogP contribution >= 0.6 is 0 Å². The number of nitrogens with zero attached hydrogens (tertiary/aromatic N) is 2. The second-order valence-electron chi connectivity index (χ2n) is 9.20. The van der Waals surface area contributed by atoms with Gasteiger partial charge in [0, 0.05) is 18.3 Å². The number of ether oxygens (including phenoxy) is 1. The number of carbonyl (C=O) groups is 2. The van der Waals surface area contributed by atoms with Crippen molar-refractivity contribution in [3.05, 3.63) is 47.2 Å². The second kappa shape index (κ2) is 8.33. The molecule has 0 bridgehead atoms. The lowest BCUT2D eigenvalue weighted by molar-refractivity contribution is -0.138. The number of alkyl halides is 3. The van der Waals surface area contributed by atoms with Crippen molar-refractivity contribution in [3.8, 4) is 11.1 Å². The fraction of sp³-hybridized carbons (Fsp3) is 0.435. The van der Waals surface area contributed by atoms with Gasteiger partial charge in [-0.05, 0) is 49.6 Å². The van der Waals surface area contributed by atoms with Gasteiger partial charge in [-0.15, -0.1) is 0 Å². The smallest absolute Gasteiger partial charge is 0.369 e. The Bertz CT molecular complexity index is 1090. The van der Waals surface area contributed by atoms with Crippen LogP contribution in [0.15, 0.2) is 30.5 Å². The first-order valence-corrected chi connectivity index (χ1v) is 10.6. The van der Waals surface area contributed by atoms with Crippen molar-refractivity contribution < 1.29 is 27.5 Å². The number of rotatable bonds is 4. The van der Waals surface area contributed by atoms with Gasteiger partial charge in [-0.3, -0.25) is 4.79 Å². The number of urea groups is 1. The van der Waals surface area contributed by atoms with E-state index in [4.69, 9.17) is 4.74 Å². The van der Waals surface area contributed by atoms with Crippen LogP contribution < -0.4 is 10.6 Å². The van der Waals surface area contributed by atoms with Gasteiger partial charge < -0.3 is 20.3 Å². The van der Waals surface area contributed by atoms with E-state index in [0.29, 0.717) is 35.6 Å². The summed E-state index contributed by atoms with van der Waals surface area (Å²) < 4.78 is 47.3. The van der Waals surface area contributed by atoms with Gasteiger partial charge in [0.2, 0.25) is 5.91 Å². The average molecular weight is 462 g/mol. The maximum atomic E-state index is 13.8. The van der Waals surface area contributed by atoms with Crippen LogP contribution in [0.1, 0.15) is 37.5 Å². The van der Waals surface area contributed by atoms with Crippen LogP contribution in [0.5, 0.6) is 0 Å². The lowest BCUT2D eigenvalue weighted by Crippen LogP contribution is -2.59. The highest BCUT2D eigenvalue weighted by molar-refractivity contribution is 6.00. The Labute approximate surface area is 189 Å². The number of likely N-dealkylation sites (tertiary alicyclic amines) is 1. The molecule has 2 aromatic rings. The molecular weight excluding hydrogens is 437 g/mol. The van der Waals surface area contributed by atoms with Crippen molar-refractivity contribution in [1.82, 2.24) is 15.2 Å². The molecule has 1 saturated heterocycles. The highest BCUT2D eigenvalue weighted by Gasteiger charge is 2.36. The molecule has 0 spiro atoms. The highest BCUT2D eigenvalue weighted by atomic mass is 19.4. The van der Waals surface area contributed by atoms with E-state index in [1.807, 2.05) is 20.8 Å². The molecule has 0 saturated carbocycles. The minimum Gasteiger partial charge on any atom is -0.369 e. The summed E-state index contributed by atoms with van der Waals surface area (Å²) in [6.07, 6.45) is -3.18. The maximum absolute atomic E-state index is 13.8. The molecule has 0 atom stereocenters. The number of fused-ring (bicyclic) bond motifs is 1. The quantitative estimate of drug-likeness (QED) is 0.720. The monoisotopic (exact) mass is 462 g/mol. The summed E-state index contributed by atoms with van der Waals surface area (Å²) in [5.41, 5.74) is 0.224. The summed E-state index contributed by atoms with van der Waals surface area (Å²) >= 11 is 0. The Morgan fingerprint density at radius 3 is 2.64 bits per heavy atom. The summed E-state index contributed by atoms with van der Waals surface area (Å²) in [5.74, 6) is 0.118. The van der Waals surface area contributed by atoms with Gasteiger partial charge in [-0.1, -0.05) is 12.1 Å². The van der Waals surface area contributed by atoms with Gasteiger partial charge in [0.25, 0.3) is 0 Å². The van der Waals surface area contributed by atoms with Crippen molar-refractivity contribution >= 4 is 17.8 Å². The molecule has 0 unspecified atom stereocenters. The van der Waals surface area contributed by atoms with Gasteiger partial charge in [0.05, 0.1) is 36.8 Å². The van der Waals surface area contributed by atoms with E-state index in [1.54, 1.807) is 12.1 Å². The van der Waals surface area contributed by atoms with E-state index in [2.05, 4.69) is 15.6 Å². The van der Waals surface area contributed by atoms with E-state index < -0.39 is 17.8 Å². The molecular formula is C23H25F3N4O3. The van der Waals surface area contributed by atoms with Gasteiger partial charge in [-0.2, -0.15) is 13.2 Å². The number of pyridine rings is 1. The zero-order chi connectivity index (χ0) is 24.0.